The Bertz CT molecular complexity index is 545. The Labute approximate surface area is 137 Å². The largest absolute Gasteiger partial charge is 0.491 e. The summed E-state index contributed by atoms with van der Waals surface area (Å²) in [5, 5.41) is 10.8. The summed E-state index contributed by atoms with van der Waals surface area (Å²) in [4.78, 5) is 2.20. The zero-order valence-corrected chi connectivity index (χ0v) is 13.5. The van der Waals surface area contributed by atoms with Crippen LogP contribution in [0, 0.1) is 0 Å². The highest BCUT2D eigenvalue weighted by Crippen LogP contribution is 2.15. The van der Waals surface area contributed by atoms with Crippen molar-refractivity contribution in [3.8, 4) is 5.75 Å². The predicted octanol–water partition coefficient (Wildman–Crippen LogP) is 3.60. The molecule has 2 rings (SSSR count). The van der Waals surface area contributed by atoms with Crippen LogP contribution in [0.3, 0.4) is 0 Å². The van der Waals surface area contributed by atoms with Gasteiger partial charge in [0, 0.05) is 18.1 Å². The van der Waals surface area contributed by atoms with Gasteiger partial charge >= 0.3 is 0 Å². The molecular formula is C18H22ClNO2. The molecule has 3 nitrogen and oxygen atoms in total. The van der Waals surface area contributed by atoms with Gasteiger partial charge in [0.05, 0.1) is 0 Å². The quantitative estimate of drug-likeness (QED) is 0.807. The van der Waals surface area contributed by atoms with E-state index in [4.69, 9.17) is 16.3 Å². The summed E-state index contributed by atoms with van der Waals surface area (Å²) in [6, 6.07) is 17.4. The first kappa shape index (κ1) is 16.8. The minimum absolute atomic E-state index is 0.271. The molecule has 0 bridgehead atoms. The van der Waals surface area contributed by atoms with Crippen LogP contribution in [0.25, 0.3) is 0 Å². The van der Waals surface area contributed by atoms with Crippen molar-refractivity contribution in [3.05, 3.63) is 65.2 Å². The highest BCUT2D eigenvalue weighted by Gasteiger charge is 2.11. The molecule has 0 aliphatic heterocycles. The summed E-state index contributed by atoms with van der Waals surface area (Å²) >= 11 is 5.83. The van der Waals surface area contributed by atoms with Gasteiger partial charge in [-0.05, 0) is 36.4 Å². The minimum atomic E-state index is -0.528. The molecule has 2 aromatic carbocycles. The number of hydrogen-bond acceptors (Lipinski definition) is 3. The van der Waals surface area contributed by atoms with Crippen LogP contribution in [0.5, 0.6) is 5.75 Å². The zero-order valence-electron chi connectivity index (χ0n) is 12.8. The smallest absolute Gasteiger partial charge is 0.119 e. The van der Waals surface area contributed by atoms with Crippen LogP contribution in [0.15, 0.2) is 54.6 Å². The van der Waals surface area contributed by atoms with Crippen molar-refractivity contribution >= 4 is 11.6 Å². The van der Waals surface area contributed by atoms with Crippen LogP contribution in [0.4, 0.5) is 0 Å². The first-order chi connectivity index (χ1) is 10.7. The monoisotopic (exact) mass is 319 g/mol. The van der Waals surface area contributed by atoms with Crippen molar-refractivity contribution in [2.45, 2.75) is 19.6 Å². The van der Waals surface area contributed by atoms with E-state index in [1.807, 2.05) is 18.2 Å². The van der Waals surface area contributed by atoms with E-state index in [0.29, 0.717) is 11.6 Å². The van der Waals surface area contributed by atoms with Gasteiger partial charge < -0.3 is 9.84 Å². The van der Waals surface area contributed by atoms with Gasteiger partial charge in [0.25, 0.3) is 0 Å². The molecule has 0 aliphatic carbocycles. The molecule has 1 unspecified atom stereocenters. The van der Waals surface area contributed by atoms with Gasteiger partial charge in [-0.1, -0.05) is 48.9 Å². The fourth-order valence-corrected chi connectivity index (χ4v) is 2.35. The molecule has 22 heavy (non-hydrogen) atoms. The third-order valence-corrected chi connectivity index (χ3v) is 3.67. The molecule has 0 saturated heterocycles. The van der Waals surface area contributed by atoms with Crippen molar-refractivity contribution in [1.29, 1.82) is 0 Å². The van der Waals surface area contributed by atoms with E-state index >= 15 is 0 Å². The van der Waals surface area contributed by atoms with Gasteiger partial charge in [0.1, 0.15) is 18.5 Å². The van der Waals surface area contributed by atoms with Gasteiger partial charge in [-0.25, -0.2) is 0 Å². The topological polar surface area (TPSA) is 32.7 Å². The van der Waals surface area contributed by atoms with Crippen LogP contribution in [-0.4, -0.2) is 35.8 Å². The number of ether oxygens (including phenoxy) is 1. The maximum Gasteiger partial charge on any atom is 0.119 e. The summed E-state index contributed by atoms with van der Waals surface area (Å²) < 4.78 is 5.58. The normalized spacial score (nSPS) is 12.4. The molecular weight excluding hydrogens is 298 g/mol. The fourth-order valence-electron chi connectivity index (χ4n) is 2.22. The van der Waals surface area contributed by atoms with Crippen LogP contribution in [0.2, 0.25) is 5.02 Å². The summed E-state index contributed by atoms with van der Waals surface area (Å²) in [5.41, 5.74) is 1.25. The average Bonchev–Trinajstić information content (AvgIpc) is 2.54. The van der Waals surface area contributed by atoms with Crippen LogP contribution in [-0.2, 0) is 6.54 Å². The van der Waals surface area contributed by atoms with Crippen molar-refractivity contribution in [3.63, 3.8) is 0 Å². The number of nitrogens with zero attached hydrogens (tertiary/aromatic N) is 1. The summed E-state index contributed by atoms with van der Waals surface area (Å²) in [6.07, 6.45) is -0.528. The number of aliphatic hydroxyl groups excluding tert-OH is 1. The second-order valence-corrected chi connectivity index (χ2v) is 5.67. The lowest BCUT2D eigenvalue weighted by molar-refractivity contribution is 0.0675. The molecule has 2 aromatic rings. The molecule has 0 radical (unpaired) electrons. The van der Waals surface area contributed by atoms with Crippen molar-refractivity contribution < 1.29 is 9.84 Å². The summed E-state index contributed by atoms with van der Waals surface area (Å²) in [7, 11) is 0. The Balaban J connectivity index is 1.79. The first-order valence-corrected chi connectivity index (χ1v) is 7.88. The van der Waals surface area contributed by atoms with E-state index in [1.165, 1.54) is 5.56 Å². The predicted molar refractivity (Wildman–Crippen MR) is 90.3 cm³/mol. The van der Waals surface area contributed by atoms with E-state index in [-0.39, 0.29) is 6.61 Å². The number of hydrogen-bond donors (Lipinski definition) is 1. The molecule has 0 spiro atoms. The molecule has 0 aromatic heterocycles. The number of aliphatic hydroxyl groups is 1. The van der Waals surface area contributed by atoms with E-state index in [9.17, 15) is 5.11 Å². The van der Waals surface area contributed by atoms with Gasteiger partial charge in [0.15, 0.2) is 0 Å². The van der Waals surface area contributed by atoms with Crippen LogP contribution < -0.4 is 4.74 Å². The van der Waals surface area contributed by atoms with Crippen LogP contribution in [0.1, 0.15) is 12.5 Å². The third-order valence-electron chi connectivity index (χ3n) is 3.42. The SMILES string of the molecule is CCN(Cc1ccccc1)CC(O)COc1ccc(Cl)cc1. The molecule has 0 amide bonds. The Morgan fingerprint density at radius 2 is 1.77 bits per heavy atom. The number of benzene rings is 2. The van der Waals surface area contributed by atoms with Gasteiger partial charge in [-0.2, -0.15) is 0 Å². The highest BCUT2D eigenvalue weighted by molar-refractivity contribution is 6.30. The molecule has 0 saturated carbocycles. The molecule has 0 fully saturated rings. The van der Waals surface area contributed by atoms with Crippen molar-refractivity contribution in [2.75, 3.05) is 19.7 Å². The van der Waals surface area contributed by atoms with E-state index in [0.717, 1.165) is 18.8 Å². The van der Waals surface area contributed by atoms with Crippen LogP contribution >= 0.6 is 11.6 Å². The summed E-state index contributed by atoms with van der Waals surface area (Å²) in [6.45, 7) is 4.66. The molecule has 1 atom stereocenters. The maximum absolute atomic E-state index is 10.2. The second kappa shape index (κ2) is 8.79. The maximum atomic E-state index is 10.2. The number of halogens is 1. The standard InChI is InChI=1S/C18H22ClNO2/c1-2-20(12-15-6-4-3-5-7-15)13-17(21)14-22-18-10-8-16(19)9-11-18/h3-11,17,21H,2,12-14H2,1H3. The lowest BCUT2D eigenvalue weighted by Crippen LogP contribution is -2.35. The van der Waals surface area contributed by atoms with Crippen molar-refractivity contribution in [1.82, 2.24) is 4.90 Å². The second-order valence-electron chi connectivity index (χ2n) is 5.23. The fraction of sp³-hybridized carbons (Fsp3) is 0.333. The van der Waals surface area contributed by atoms with Crippen molar-refractivity contribution in [2.24, 2.45) is 0 Å². The average molecular weight is 320 g/mol. The summed E-state index contributed by atoms with van der Waals surface area (Å²) in [5.74, 6) is 0.717. The Kier molecular flexibility index (Phi) is 6.72. The Hall–Kier alpha value is -1.55. The van der Waals surface area contributed by atoms with E-state index in [2.05, 4.69) is 24.0 Å². The molecule has 4 heteroatoms. The highest BCUT2D eigenvalue weighted by atomic mass is 35.5. The molecule has 118 valence electrons. The molecule has 0 heterocycles. The molecule has 1 N–H and O–H groups in total. The first-order valence-electron chi connectivity index (χ1n) is 7.50. The van der Waals surface area contributed by atoms with Gasteiger partial charge in [0.2, 0.25) is 0 Å². The number of likely N-dealkylation sites (N-methyl/N-ethyl adjacent to an activating group) is 1. The van der Waals surface area contributed by atoms with Gasteiger partial charge in [-0.15, -0.1) is 0 Å². The lowest BCUT2D eigenvalue weighted by Gasteiger charge is -2.23. The lowest BCUT2D eigenvalue weighted by atomic mass is 10.2. The Morgan fingerprint density at radius 3 is 2.41 bits per heavy atom. The zero-order chi connectivity index (χ0) is 15.8. The van der Waals surface area contributed by atoms with E-state index in [1.54, 1.807) is 24.3 Å². The van der Waals surface area contributed by atoms with E-state index < -0.39 is 6.10 Å². The molecule has 0 aliphatic rings. The Morgan fingerprint density at radius 1 is 1.09 bits per heavy atom. The third kappa shape index (κ3) is 5.68. The number of rotatable bonds is 8. The van der Waals surface area contributed by atoms with Gasteiger partial charge in [-0.3, -0.25) is 4.90 Å². The minimum Gasteiger partial charge on any atom is -0.491 e.